The number of fused-ring (bicyclic) bond motifs is 5. The third kappa shape index (κ3) is 11.0. The van der Waals surface area contributed by atoms with Gasteiger partial charge in [0.15, 0.2) is 31.1 Å². The summed E-state index contributed by atoms with van der Waals surface area (Å²) in [5, 5.41) is 88.0. The monoisotopic (exact) mass is 1030 g/mol. The lowest BCUT2D eigenvalue weighted by Crippen LogP contribution is -2.64. The number of allylic oxidation sites excluding steroid dienone is 1. The second-order valence-corrected chi connectivity index (χ2v) is 22.6. The Bertz CT molecular complexity index is 2140. The molecule has 0 bridgehead atoms. The van der Waals surface area contributed by atoms with Crippen molar-refractivity contribution in [1.82, 2.24) is 0 Å². The highest BCUT2D eigenvalue weighted by molar-refractivity contribution is 5.87. The molecule has 408 valence electrons. The van der Waals surface area contributed by atoms with E-state index in [9.17, 15) is 55.2 Å². The molecule has 19 nitrogen and oxygen atoms in total. The van der Waals surface area contributed by atoms with Gasteiger partial charge in [-0.15, -0.1) is 0 Å². The molecule has 3 saturated carbocycles. The van der Waals surface area contributed by atoms with Gasteiger partial charge in [-0.05, 0) is 92.1 Å². The standard InChI is InChI=1S/C54H78O19/c1-27(2)12-16-36(57)28(3)54(65)40(23-35-33-15-14-31-22-32(18-20-52(31,5)34(33)19-21-53(35,54)6)69-49-45(64)44(63)43(62)39(24-55)70-49)71-51-48(68-29(4)56)46(38(59)26-67-51)73-50-47(42(61)37(58)25-66-50)72-41(60)17-13-30-10-8-7-9-11-30/h7-11,13-14,17,27-28,32-35,37-40,42-51,55,58-59,61-65H,12,15-16,18-26H2,1-6H3. The van der Waals surface area contributed by atoms with Crippen molar-refractivity contribution in [3.8, 4) is 0 Å². The topological polar surface area (TPSA) is 287 Å². The van der Waals surface area contributed by atoms with Gasteiger partial charge in [0, 0.05) is 30.8 Å². The summed E-state index contributed by atoms with van der Waals surface area (Å²) in [6, 6.07) is 8.94. The number of aliphatic hydroxyl groups excluding tert-OH is 7. The highest BCUT2D eigenvalue weighted by Gasteiger charge is 2.71. The number of carbonyl (C=O) groups excluding carboxylic acids is 3. The summed E-state index contributed by atoms with van der Waals surface area (Å²) in [5.74, 6) is -2.39. The largest absolute Gasteiger partial charge is 0.454 e. The fourth-order valence-electron chi connectivity index (χ4n) is 13.6. The number of carbonyl (C=O) groups is 3. The lowest BCUT2D eigenvalue weighted by molar-refractivity contribution is -0.346. The molecular weight excluding hydrogens is 953 g/mol. The molecule has 0 spiro atoms. The molecule has 3 heterocycles. The van der Waals surface area contributed by atoms with E-state index in [1.54, 1.807) is 31.2 Å². The van der Waals surface area contributed by atoms with Crippen molar-refractivity contribution in [2.75, 3.05) is 19.8 Å². The van der Waals surface area contributed by atoms with Gasteiger partial charge in [-0.1, -0.05) is 76.6 Å². The summed E-state index contributed by atoms with van der Waals surface area (Å²) < 4.78 is 48.5. The first-order valence-corrected chi connectivity index (χ1v) is 26.2. The van der Waals surface area contributed by atoms with E-state index in [2.05, 4.69) is 13.0 Å². The number of hydrogen-bond acceptors (Lipinski definition) is 19. The lowest BCUT2D eigenvalue weighted by atomic mass is 9.46. The third-order valence-corrected chi connectivity index (χ3v) is 17.8. The van der Waals surface area contributed by atoms with E-state index >= 15 is 0 Å². The molecule has 0 aromatic heterocycles. The maximum Gasteiger partial charge on any atom is 0.331 e. The van der Waals surface area contributed by atoms with Gasteiger partial charge in [-0.2, -0.15) is 0 Å². The Hall–Kier alpha value is -3.25. The Morgan fingerprint density at radius 2 is 1.49 bits per heavy atom. The number of aliphatic hydroxyl groups is 8. The predicted octanol–water partition coefficient (Wildman–Crippen LogP) is 2.24. The van der Waals surface area contributed by atoms with E-state index in [1.165, 1.54) is 11.6 Å². The van der Waals surface area contributed by atoms with Crippen LogP contribution >= 0.6 is 0 Å². The van der Waals surface area contributed by atoms with E-state index in [0.717, 1.165) is 25.8 Å². The maximum atomic E-state index is 14.3. The second kappa shape index (κ2) is 22.8. The molecule has 8 N–H and O–H groups in total. The number of ether oxygens (including phenoxy) is 8. The minimum absolute atomic E-state index is 0.0513. The summed E-state index contributed by atoms with van der Waals surface area (Å²) in [6.07, 6.45) is -10.7. The number of ketones is 1. The number of hydrogen-bond donors (Lipinski definition) is 8. The number of rotatable bonds is 16. The van der Waals surface area contributed by atoms with Crippen molar-refractivity contribution in [2.24, 2.45) is 40.4 Å². The molecule has 73 heavy (non-hydrogen) atoms. The van der Waals surface area contributed by atoms with Crippen LogP contribution in [0.25, 0.3) is 6.08 Å². The van der Waals surface area contributed by atoms with Gasteiger partial charge in [0.05, 0.1) is 32.0 Å². The molecule has 8 rings (SSSR count). The lowest BCUT2D eigenvalue weighted by Gasteiger charge is -2.59. The van der Waals surface area contributed by atoms with Crippen LogP contribution in [0.3, 0.4) is 0 Å². The van der Waals surface area contributed by atoms with Crippen LogP contribution in [0.4, 0.5) is 0 Å². The zero-order valence-electron chi connectivity index (χ0n) is 42.7. The Morgan fingerprint density at radius 3 is 2.18 bits per heavy atom. The molecule has 7 aliphatic rings. The molecule has 4 aliphatic carbocycles. The molecule has 19 heteroatoms. The van der Waals surface area contributed by atoms with E-state index in [1.807, 2.05) is 26.8 Å². The minimum atomic E-state index is -1.76. The van der Waals surface area contributed by atoms with Crippen LogP contribution in [-0.4, -0.2) is 176 Å². The Kier molecular flexibility index (Phi) is 17.4. The first-order chi connectivity index (χ1) is 34.6. The summed E-state index contributed by atoms with van der Waals surface area (Å²) in [4.78, 5) is 40.4. The quantitative estimate of drug-likeness (QED) is 0.0669. The van der Waals surface area contributed by atoms with Gasteiger partial charge in [0.25, 0.3) is 0 Å². The highest BCUT2D eigenvalue weighted by atomic mass is 16.8. The molecular formula is C54H78O19. The first-order valence-electron chi connectivity index (χ1n) is 26.2. The van der Waals surface area contributed by atoms with Gasteiger partial charge in [0.1, 0.15) is 60.2 Å². The second-order valence-electron chi connectivity index (χ2n) is 22.6. The number of Topliss-reactive ketones (excluding diaryl/α,β-unsaturated/α-hetero) is 1. The smallest absolute Gasteiger partial charge is 0.331 e. The molecule has 22 atom stereocenters. The number of esters is 2. The summed E-state index contributed by atoms with van der Waals surface area (Å²) in [5.41, 5.74) is -0.971. The SMILES string of the molecule is CC(=O)OC1C(OC2CC3C4CC=C5CC(OC6OC(CO)C(O)C(O)C6O)CCC5(C)C4CCC3(C)C2(O)C(C)C(=O)CCC(C)C)OCC(O)C1OC1OCC(O)C(O)C1OC(=O)C=Cc1ccccc1. The molecule has 0 radical (unpaired) electrons. The van der Waals surface area contributed by atoms with Crippen LogP contribution in [-0.2, 0) is 52.3 Å². The molecule has 1 aromatic carbocycles. The van der Waals surface area contributed by atoms with E-state index in [0.29, 0.717) is 44.1 Å². The zero-order valence-corrected chi connectivity index (χ0v) is 42.7. The first kappa shape index (κ1) is 56.0. The van der Waals surface area contributed by atoms with E-state index in [4.69, 9.17) is 37.9 Å². The van der Waals surface area contributed by atoms with Gasteiger partial charge >= 0.3 is 11.9 Å². The van der Waals surface area contributed by atoms with Crippen molar-refractivity contribution in [1.29, 1.82) is 0 Å². The fraction of sp³-hybridized carbons (Fsp3) is 0.759. The molecule has 3 aliphatic heterocycles. The Labute approximate surface area is 426 Å². The van der Waals surface area contributed by atoms with E-state index < -0.39 is 135 Å². The van der Waals surface area contributed by atoms with Gasteiger partial charge in [-0.3, -0.25) is 9.59 Å². The van der Waals surface area contributed by atoms with Crippen LogP contribution in [0.1, 0.15) is 105 Å². The molecule has 1 aromatic rings. The summed E-state index contributed by atoms with van der Waals surface area (Å²) in [7, 11) is 0. The molecule has 22 unspecified atom stereocenters. The van der Waals surface area contributed by atoms with Crippen molar-refractivity contribution in [3.63, 3.8) is 0 Å². The van der Waals surface area contributed by atoms with Crippen LogP contribution in [0.15, 0.2) is 48.1 Å². The zero-order chi connectivity index (χ0) is 52.7. The van der Waals surface area contributed by atoms with E-state index in [-0.39, 0.29) is 47.4 Å². The third-order valence-electron chi connectivity index (χ3n) is 17.8. The molecule has 3 saturated heterocycles. The van der Waals surface area contributed by atoms with Crippen molar-refractivity contribution >= 4 is 23.8 Å². The van der Waals surface area contributed by atoms with Crippen molar-refractivity contribution < 1.29 is 93.1 Å². The van der Waals surface area contributed by atoms with Crippen LogP contribution in [0.2, 0.25) is 0 Å². The summed E-state index contributed by atoms with van der Waals surface area (Å²) in [6.45, 7) is 9.91. The fourth-order valence-corrected chi connectivity index (χ4v) is 13.6. The summed E-state index contributed by atoms with van der Waals surface area (Å²) >= 11 is 0. The predicted molar refractivity (Wildman–Crippen MR) is 257 cm³/mol. The van der Waals surface area contributed by atoms with Crippen LogP contribution in [0, 0.1) is 40.4 Å². The maximum absolute atomic E-state index is 14.3. The van der Waals surface area contributed by atoms with Gasteiger partial charge < -0.3 is 78.7 Å². The molecule has 6 fully saturated rings. The normalized spacial score (nSPS) is 44.1. The minimum Gasteiger partial charge on any atom is -0.454 e. The molecule has 0 amide bonds. The van der Waals surface area contributed by atoms with Gasteiger partial charge in [0.2, 0.25) is 0 Å². The van der Waals surface area contributed by atoms with Crippen LogP contribution < -0.4 is 0 Å². The Balaban J connectivity index is 1.05. The van der Waals surface area contributed by atoms with Gasteiger partial charge in [-0.25, -0.2) is 4.79 Å². The van der Waals surface area contributed by atoms with Crippen molar-refractivity contribution in [3.05, 3.63) is 53.6 Å². The average molecular weight is 1030 g/mol. The number of benzene rings is 1. The van der Waals surface area contributed by atoms with Crippen molar-refractivity contribution in [2.45, 2.75) is 197 Å². The van der Waals surface area contributed by atoms with Crippen LogP contribution in [0.5, 0.6) is 0 Å². The highest BCUT2D eigenvalue weighted by Crippen LogP contribution is 2.69. The Morgan fingerprint density at radius 1 is 0.795 bits per heavy atom. The average Bonchev–Trinajstić information content (AvgIpc) is 3.59.